The van der Waals surface area contributed by atoms with Gasteiger partial charge < -0.3 is 4.74 Å². The molecule has 0 amide bonds. The Morgan fingerprint density at radius 2 is 1.87 bits per heavy atom. The van der Waals surface area contributed by atoms with Gasteiger partial charge in [0.15, 0.2) is 0 Å². The van der Waals surface area contributed by atoms with Gasteiger partial charge in [-0.3, -0.25) is 4.98 Å². The summed E-state index contributed by atoms with van der Waals surface area (Å²) in [5.74, 6) is 0.909. The number of hydrogen-bond acceptors (Lipinski definition) is 2. The molecule has 15 heavy (non-hydrogen) atoms. The largest absolute Gasteiger partial charge is 0.494 e. The van der Waals surface area contributed by atoms with Gasteiger partial charge in [0, 0.05) is 12.4 Å². The van der Waals surface area contributed by atoms with Crippen LogP contribution >= 0.6 is 0 Å². The van der Waals surface area contributed by atoms with E-state index in [-0.39, 0.29) is 0 Å². The van der Waals surface area contributed by atoms with Crippen molar-refractivity contribution in [1.29, 1.82) is 0 Å². The van der Waals surface area contributed by atoms with E-state index in [1.54, 1.807) is 12.4 Å². The third kappa shape index (κ3) is 2.34. The Morgan fingerprint density at radius 3 is 2.60 bits per heavy atom. The predicted octanol–water partition coefficient (Wildman–Crippen LogP) is 3.15. The third-order valence-electron chi connectivity index (χ3n) is 2.16. The molecule has 1 aromatic carbocycles. The van der Waals surface area contributed by atoms with Crippen molar-refractivity contribution in [3.8, 4) is 16.9 Å². The van der Waals surface area contributed by atoms with Crippen molar-refractivity contribution in [1.82, 2.24) is 4.98 Å². The van der Waals surface area contributed by atoms with E-state index in [1.807, 2.05) is 37.3 Å². The van der Waals surface area contributed by atoms with Gasteiger partial charge in [-0.2, -0.15) is 0 Å². The lowest BCUT2D eigenvalue weighted by Crippen LogP contribution is -1.91. The summed E-state index contributed by atoms with van der Waals surface area (Å²) in [4.78, 5) is 4.00. The first-order chi connectivity index (χ1) is 7.40. The van der Waals surface area contributed by atoms with Crippen molar-refractivity contribution in [2.45, 2.75) is 6.92 Å². The first-order valence-electron chi connectivity index (χ1n) is 5.03. The van der Waals surface area contributed by atoms with Crippen LogP contribution in [0.25, 0.3) is 11.1 Å². The highest BCUT2D eigenvalue weighted by Crippen LogP contribution is 2.22. The van der Waals surface area contributed by atoms with Crippen LogP contribution in [-0.4, -0.2) is 11.6 Å². The molecule has 2 heteroatoms. The van der Waals surface area contributed by atoms with E-state index in [2.05, 4.69) is 11.1 Å². The number of aromatic nitrogens is 1. The fraction of sp³-hybridized carbons (Fsp3) is 0.154. The van der Waals surface area contributed by atoms with Crippen LogP contribution < -0.4 is 4.74 Å². The summed E-state index contributed by atoms with van der Waals surface area (Å²) < 4.78 is 5.45. The molecule has 0 saturated heterocycles. The van der Waals surface area contributed by atoms with Gasteiger partial charge in [-0.05, 0) is 42.3 Å². The number of ether oxygens (including phenoxy) is 1. The van der Waals surface area contributed by atoms with Crippen LogP contribution in [0.4, 0.5) is 0 Å². The number of hydrogen-bond donors (Lipinski definition) is 0. The highest BCUT2D eigenvalue weighted by molar-refractivity contribution is 5.64. The van der Waals surface area contributed by atoms with Crippen molar-refractivity contribution in [2.24, 2.45) is 0 Å². The van der Waals surface area contributed by atoms with E-state index in [1.165, 1.54) is 0 Å². The monoisotopic (exact) mass is 199 g/mol. The molecule has 2 nitrogen and oxygen atoms in total. The summed E-state index contributed by atoms with van der Waals surface area (Å²) in [7, 11) is 0. The summed E-state index contributed by atoms with van der Waals surface area (Å²) in [5, 5.41) is 0. The van der Waals surface area contributed by atoms with Crippen LogP contribution in [0.1, 0.15) is 6.92 Å². The van der Waals surface area contributed by atoms with Gasteiger partial charge in [-0.15, -0.1) is 0 Å². The molecule has 0 aliphatic carbocycles. The van der Waals surface area contributed by atoms with Crippen molar-refractivity contribution < 1.29 is 4.74 Å². The SMILES string of the molecule is CCOc1cccc(-c2ccncc2)c1. The minimum Gasteiger partial charge on any atom is -0.494 e. The molecule has 0 N–H and O–H groups in total. The summed E-state index contributed by atoms with van der Waals surface area (Å²) in [5.41, 5.74) is 2.31. The molecule has 0 bridgehead atoms. The molecule has 0 atom stereocenters. The fourth-order valence-corrected chi connectivity index (χ4v) is 1.48. The Kier molecular flexibility index (Phi) is 2.98. The molecule has 2 rings (SSSR count). The third-order valence-corrected chi connectivity index (χ3v) is 2.16. The lowest BCUT2D eigenvalue weighted by atomic mass is 10.1. The average Bonchev–Trinajstić information content (AvgIpc) is 2.31. The highest BCUT2D eigenvalue weighted by atomic mass is 16.5. The van der Waals surface area contributed by atoms with Crippen LogP contribution in [0.3, 0.4) is 0 Å². The molecule has 0 radical (unpaired) electrons. The van der Waals surface area contributed by atoms with Crippen LogP contribution in [0.15, 0.2) is 48.8 Å². The Labute approximate surface area is 89.6 Å². The summed E-state index contributed by atoms with van der Waals surface area (Å²) in [6.07, 6.45) is 3.59. The predicted molar refractivity (Wildman–Crippen MR) is 60.8 cm³/mol. The number of pyridine rings is 1. The van der Waals surface area contributed by atoms with Gasteiger partial charge in [-0.1, -0.05) is 12.1 Å². The fourth-order valence-electron chi connectivity index (χ4n) is 1.48. The molecule has 0 spiro atoms. The zero-order chi connectivity index (χ0) is 10.5. The summed E-state index contributed by atoms with van der Waals surface area (Å²) >= 11 is 0. The number of nitrogens with zero attached hydrogens (tertiary/aromatic N) is 1. The number of rotatable bonds is 3. The Bertz CT molecular complexity index is 426. The van der Waals surface area contributed by atoms with E-state index < -0.39 is 0 Å². The molecule has 0 saturated carbocycles. The minimum atomic E-state index is 0.694. The van der Waals surface area contributed by atoms with Gasteiger partial charge in [0.2, 0.25) is 0 Å². The smallest absolute Gasteiger partial charge is 0.119 e. The second kappa shape index (κ2) is 4.60. The summed E-state index contributed by atoms with van der Waals surface area (Å²) in [6.45, 7) is 2.68. The second-order valence-corrected chi connectivity index (χ2v) is 3.20. The molecule has 0 aliphatic rings. The van der Waals surface area contributed by atoms with Gasteiger partial charge >= 0.3 is 0 Å². The standard InChI is InChI=1S/C13H13NO/c1-2-15-13-5-3-4-12(10-13)11-6-8-14-9-7-11/h3-10H,2H2,1H3. The Balaban J connectivity index is 2.33. The lowest BCUT2D eigenvalue weighted by molar-refractivity contribution is 0.340. The summed E-state index contributed by atoms with van der Waals surface area (Å²) in [6, 6.07) is 12.1. The lowest BCUT2D eigenvalue weighted by Gasteiger charge is -2.05. The maximum atomic E-state index is 5.45. The quantitative estimate of drug-likeness (QED) is 0.757. The first kappa shape index (κ1) is 9.71. The molecule has 2 aromatic rings. The molecule has 0 unspecified atom stereocenters. The van der Waals surface area contributed by atoms with E-state index in [9.17, 15) is 0 Å². The van der Waals surface area contributed by atoms with Gasteiger partial charge in [-0.25, -0.2) is 0 Å². The minimum absolute atomic E-state index is 0.694. The topological polar surface area (TPSA) is 22.1 Å². The molecule has 76 valence electrons. The van der Waals surface area contributed by atoms with Crippen molar-refractivity contribution in [3.63, 3.8) is 0 Å². The molecule has 0 aliphatic heterocycles. The van der Waals surface area contributed by atoms with E-state index in [0.29, 0.717) is 6.61 Å². The molecule has 1 heterocycles. The van der Waals surface area contributed by atoms with Crippen molar-refractivity contribution in [3.05, 3.63) is 48.8 Å². The molecular weight excluding hydrogens is 186 g/mol. The molecular formula is C13H13NO. The zero-order valence-electron chi connectivity index (χ0n) is 8.68. The Hall–Kier alpha value is -1.83. The van der Waals surface area contributed by atoms with Gasteiger partial charge in [0.05, 0.1) is 6.61 Å². The number of benzene rings is 1. The highest BCUT2D eigenvalue weighted by Gasteiger charge is 1.98. The van der Waals surface area contributed by atoms with Crippen molar-refractivity contribution in [2.75, 3.05) is 6.61 Å². The maximum Gasteiger partial charge on any atom is 0.119 e. The molecule has 0 fully saturated rings. The van der Waals surface area contributed by atoms with E-state index in [4.69, 9.17) is 4.74 Å². The average molecular weight is 199 g/mol. The van der Waals surface area contributed by atoms with Crippen LogP contribution in [0.2, 0.25) is 0 Å². The Morgan fingerprint density at radius 1 is 1.07 bits per heavy atom. The van der Waals surface area contributed by atoms with Crippen molar-refractivity contribution >= 4 is 0 Å². The van der Waals surface area contributed by atoms with Crippen LogP contribution in [0.5, 0.6) is 5.75 Å². The van der Waals surface area contributed by atoms with E-state index >= 15 is 0 Å². The van der Waals surface area contributed by atoms with Gasteiger partial charge in [0.25, 0.3) is 0 Å². The van der Waals surface area contributed by atoms with Crippen LogP contribution in [-0.2, 0) is 0 Å². The van der Waals surface area contributed by atoms with E-state index in [0.717, 1.165) is 16.9 Å². The zero-order valence-corrected chi connectivity index (χ0v) is 8.68. The maximum absolute atomic E-state index is 5.45. The molecule has 1 aromatic heterocycles. The second-order valence-electron chi connectivity index (χ2n) is 3.20. The first-order valence-corrected chi connectivity index (χ1v) is 5.03. The normalized spacial score (nSPS) is 9.93. The van der Waals surface area contributed by atoms with Gasteiger partial charge in [0.1, 0.15) is 5.75 Å². The van der Waals surface area contributed by atoms with Crippen LogP contribution in [0, 0.1) is 0 Å².